The first-order chi connectivity index (χ1) is 5.99. The molecule has 0 atom stereocenters. The van der Waals surface area contributed by atoms with Crippen LogP contribution in [0.1, 0.15) is 0 Å². The minimum absolute atomic E-state index is 0.00116. The van der Waals surface area contributed by atoms with Gasteiger partial charge < -0.3 is 10.1 Å². The minimum atomic E-state index is -3.85. The summed E-state index contributed by atoms with van der Waals surface area (Å²) in [5.74, 6) is -2.39. The summed E-state index contributed by atoms with van der Waals surface area (Å²) in [4.78, 5) is 16.1. The summed E-state index contributed by atoms with van der Waals surface area (Å²) in [6.07, 6.45) is 2.76. The third kappa shape index (κ3) is 3.11. The van der Waals surface area contributed by atoms with Crippen molar-refractivity contribution < 1.29 is 18.3 Å². The number of sulfonamides is 1. The van der Waals surface area contributed by atoms with Gasteiger partial charge in [-0.1, -0.05) is 0 Å². The Labute approximate surface area is 73.9 Å². The number of aromatic nitrogens is 2. The molecule has 13 heavy (non-hydrogen) atoms. The molecular formula is C5H7N3O4S. The Kier molecular flexibility index (Phi) is 2.52. The molecule has 1 aromatic heterocycles. The molecule has 7 nitrogen and oxygen atoms in total. The normalized spacial score (nSPS) is 11.1. The van der Waals surface area contributed by atoms with E-state index in [0.29, 0.717) is 0 Å². The molecule has 1 aromatic rings. The average Bonchev–Trinajstić information content (AvgIpc) is 2.34. The highest BCUT2D eigenvalue weighted by Gasteiger charge is 2.15. The van der Waals surface area contributed by atoms with Gasteiger partial charge in [-0.2, -0.15) is 0 Å². The SMILES string of the molecule is O=C(O)CS(=O)(=O)Nc1ncc[nH]1. The minimum Gasteiger partial charge on any atom is -0.480 e. The number of aromatic amines is 1. The van der Waals surface area contributed by atoms with Crippen LogP contribution in [0.15, 0.2) is 12.4 Å². The fourth-order valence-electron chi connectivity index (χ4n) is 0.667. The Morgan fingerprint density at radius 3 is 2.85 bits per heavy atom. The predicted molar refractivity (Wildman–Crippen MR) is 43.6 cm³/mol. The van der Waals surface area contributed by atoms with E-state index in [4.69, 9.17) is 5.11 Å². The number of imidazole rings is 1. The van der Waals surface area contributed by atoms with E-state index in [0.717, 1.165) is 0 Å². The van der Waals surface area contributed by atoms with Gasteiger partial charge in [-0.05, 0) is 0 Å². The molecule has 0 saturated carbocycles. The fourth-order valence-corrected chi connectivity index (χ4v) is 1.47. The molecule has 0 aromatic carbocycles. The van der Waals surface area contributed by atoms with E-state index in [1.165, 1.54) is 12.4 Å². The van der Waals surface area contributed by atoms with E-state index in [2.05, 4.69) is 9.97 Å². The zero-order chi connectivity index (χ0) is 9.90. The zero-order valence-corrected chi connectivity index (χ0v) is 7.21. The fraction of sp³-hybridized carbons (Fsp3) is 0.200. The topological polar surface area (TPSA) is 112 Å². The highest BCUT2D eigenvalue weighted by molar-refractivity contribution is 7.93. The van der Waals surface area contributed by atoms with Crippen LogP contribution in [0.2, 0.25) is 0 Å². The molecule has 72 valence electrons. The number of carboxylic acid groups (broad SMARTS) is 1. The molecule has 0 spiro atoms. The van der Waals surface area contributed by atoms with Crippen LogP contribution in [-0.4, -0.2) is 35.2 Å². The van der Waals surface area contributed by atoms with Crippen LogP contribution in [-0.2, 0) is 14.8 Å². The molecule has 0 fully saturated rings. The molecule has 0 amide bonds. The number of hydrogen-bond donors (Lipinski definition) is 3. The molecule has 0 aliphatic carbocycles. The summed E-state index contributed by atoms with van der Waals surface area (Å²) in [6, 6.07) is 0. The van der Waals surface area contributed by atoms with Crippen molar-refractivity contribution in [1.29, 1.82) is 0 Å². The van der Waals surface area contributed by atoms with Gasteiger partial charge in [0.2, 0.25) is 16.0 Å². The number of nitrogens with zero attached hydrogens (tertiary/aromatic N) is 1. The molecule has 1 heterocycles. The van der Waals surface area contributed by atoms with Gasteiger partial charge in [0.1, 0.15) is 0 Å². The Morgan fingerprint density at radius 2 is 2.38 bits per heavy atom. The summed E-state index contributed by atoms with van der Waals surface area (Å²) < 4.78 is 23.9. The molecule has 3 N–H and O–H groups in total. The molecule has 0 unspecified atom stereocenters. The van der Waals surface area contributed by atoms with Crippen LogP contribution in [0.5, 0.6) is 0 Å². The summed E-state index contributed by atoms with van der Waals surface area (Å²) in [5, 5.41) is 8.23. The van der Waals surface area contributed by atoms with Crippen molar-refractivity contribution in [2.45, 2.75) is 0 Å². The van der Waals surface area contributed by atoms with Gasteiger partial charge in [-0.25, -0.2) is 13.4 Å². The van der Waals surface area contributed by atoms with Gasteiger partial charge in [0.25, 0.3) is 0 Å². The summed E-state index contributed by atoms with van der Waals surface area (Å²) >= 11 is 0. The van der Waals surface area contributed by atoms with Crippen LogP contribution < -0.4 is 4.72 Å². The van der Waals surface area contributed by atoms with E-state index in [1.807, 2.05) is 4.72 Å². The lowest BCUT2D eigenvalue weighted by molar-refractivity contribution is -0.134. The van der Waals surface area contributed by atoms with Gasteiger partial charge in [0.15, 0.2) is 5.75 Å². The molecule has 8 heteroatoms. The maximum atomic E-state index is 11.0. The van der Waals surface area contributed by atoms with E-state index in [-0.39, 0.29) is 5.95 Å². The second-order valence-electron chi connectivity index (χ2n) is 2.19. The Hall–Kier alpha value is -1.57. The van der Waals surface area contributed by atoms with Crippen LogP contribution in [0, 0.1) is 0 Å². The first-order valence-electron chi connectivity index (χ1n) is 3.21. The molecule has 0 radical (unpaired) electrons. The molecule has 0 aliphatic rings. The van der Waals surface area contributed by atoms with Gasteiger partial charge in [-0.15, -0.1) is 0 Å². The summed E-state index contributed by atoms with van der Waals surface area (Å²) in [6.45, 7) is 0. The second-order valence-corrected chi connectivity index (χ2v) is 3.91. The van der Waals surface area contributed by atoms with E-state index >= 15 is 0 Å². The number of carbonyl (C=O) groups is 1. The molecule has 0 aliphatic heterocycles. The van der Waals surface area contributed by atoms with Crippen molar-refractivity contribution in [1.82, 2.24) is 9.97 Å². The van der Waals surface area contributed by atoms with Crippen molar-refractivity contribution >= 4 is 21.9 Å². The third-order valence-electron chi connectivity index (χ3n) is 1.06. The largest absolute Gasteiger partial charge is 0.480 e. The molecule has 0 saturated heterocycles. The van der Waals surface area contributed by atoms with E-state index < -0.39 is 21.7 Å². The Bertz CT molecular complexity index is 382. The van der Waals surface area contributed by atoms with Crippen molar-refractivity contribution in [3.05, 3.63) is 12.4 Å². The quantitative estimate of drug-likeness (QED) is 0.597. The number of aliphatic carboxylic acids is 1. The van der Waals surface area contributed by atoms with Crippen molar-refractivity contribution in [2.24, 2.45) is 0 Å². The van der Waals surface area contributed by atoms with Crippen molar-refractivity contribution in [2.75, 3.05) is 10.5 Å². The number of anilines is 1. The highest BCUT2D eigenvalue weighted by atomic mass is 32.2. The number of rotatable bonds is 4. The lowest BCUT2D eigenvalue weighted by Gasteiger charge is -2.00. The standard InChI is InChI=1S/C5H7N3O4S/c9-4(10)3-13(11,12)8-5-6-1-2-7-5/h1-2H,3H2,(H,9,10)(H2,6,7,8). The van der Waals surface area contributed by atoms with Gasteiger partial charge in [0.05, 0.1) is 0 Å². The van der Waals surface area contributed by atoms with Crippen molar-refractivity contribution in [3.8, 4) is 0 Å². The first kappa shape index (κ1) is 9.52. The Balaban J connectivity index is 2.68. The second kappa shape index (κ2) is 3.44. The Morgan fingerprint density at radius 1 is 1.69 bits per heavy atom. The lowest BCUT2D eigenvalue weighted by Crippen LogP contribution is -2.22. The number of hydrogen-bond acceptors (Lipinski definition) is 4. The highest BCUT2D eigenvalue weighted by Crippen LogP contribution is 1.99. The van der Waals surface area contributed by atoms with E-state index in [1.54, 1.807) is 0 Å². The lowest BCUT2D eigenvalue weighted by atomic mass is 10.8. The van der Waals surface area contributed by atoms with Crippen LogP contribution in [0.3, 0.4) is 0 Å². The van der Waals surface area contributed by atoms with Gasteiger partial charge in [0, 0.05) is 12.4 Å². The predicted octanol–water partition coefficient (Wildman–Crippen LogP) is -0.764. The van der Waals surface area contributed by atoms with Gasteiger partial charge in [-0.3, -0.25) is 9.52 Å². The maximum Gasteiger partial charge on any atom is 0.320 e. The summed E-state index contributed by atoms with van der Waals surface area (Å²) in [7, 11) is -3.85. The van der Waals surface area contributed by atoms with E-state index in [9.17, 15) is 13.2 Å². The van der Waals surface area contributed by atoms with Crippen molar-refractivity contribution in [3.63, 3.8) is 0 Å². The molecule has 0 bridgehead atoms. The molecule has 1 rings (SSSR count). The number of H-pyrrole nitrogens is 1. The van der Waals surface area contributed by atoms with Crippen LogP contribution in [0.4, 0.5) is 5.95 Å². The summed E-state index contributed by atoms with van der Waals surface area (Å²) in [5.41, 5.74) is 0. The maximum absolute atomic E-state index is 11.0. The number of carboxylic acids is 1. The van der Waals surface area contributed by atoms with Crippen LogP contribution in [0.25, 0.3) is 0 Å². The van der Waals surface area contributed by atoms with Crippen LogP contribution >= 0.6 is 0 Å². The average molecular weight is 205 g/mol. The zero-order valence-electron chi connectivity index (χ0n) is 6.39. The monoisotopic (exact) mass is 205 g/mol. The van der Waals surface area contributed by atoms with Gasteiger partial charge >= 0.3 is 5.97 Å². The first-order valence-corrected chi connectivity index (χ1v) is 4.86. The number of nitrogens with one attached hydrogen (secondary N) is 2. The smallest absolute Gasteiger partial charge is 0.320 e. The molecular weight excluding hydrogens is 198 g/mol. The third-order valence-corrected chi connectivity index (χ3v) is 2.20.